The van der Waals surface area contributed by atoms with E-state index in [-0.39, 0.29) is 0 Å². The van der Waals surface area contributed by atoms with Crippen LogP contribution in [0.1, 0.15) is 20.3 Å². The van der Waals surface area contributed by atoms with Crippen molar-refractivity contribution in [2.24, 2.45) is 11.1 Å². The maximum Gasteiger partial charge on any atom is 0.0703 e. The Morgan fingerprint density at radius 3 is 2.56 bits per heavy atom. The summed E-state index contributed by atoms with van der Waals surface area (Å²) in [6.07, 6.45) is 1.43. The molecule has 54 valence electrons. The Hall–Kier alpha value is -0.0800. The van der Waals surface area contributed by atoms with Gasteiger partial charge in [-0.1, -0.05) is 13.8 Å². The summed E-state index contributed by atoms with van der Waals surface area (Å²) in [5, 5.41) is 0. The molecule has 2 nitrogen and oxygen atoms in total. The number of nitrogens with two attached hydrogens (primary N) is 1. The van der Waals surface area contributed by atoms with Crippen molar-refractivity contribution in [3.05, 3.63) is 0 Å². The van der Waals surface area contributed by atoms with Crippen molar-refractivity contribution in [2.75, 3.05) is 13.2 Å². The molecule has 1 heterocycles. The zero-order chi connectivity index (χ0) is 6.91. The third-order valence-electron chi connectivity index (χ3n) is 1.75. The zero-order valence-corrected chi connectivity index (χ0v) is 6.18. The van der Waals surface area contributed by atoms with E-state index in [4.69, 9.17) is 10.5 Å². The van der Waals surface area contributed by atoms with Gasteiger partial charge in [-0.25, -0.2) is 0 Å². The predicted octanol–water partition coefficient (Wildman–Crippen LogP) is 0.760. The Kier molecular flexibility index (Phi) is 1.78. The van der Waals surface area contributed by atoms with Crippen LogP contribution < -0.4 is 5.73 Å². The van der Waals surface area contributed by atoms with Crippen molar-refractivity contribution < 1.29 is 4.74 Å². The molecule has 0 spiro atoms. The first-order chi connectivity index (χ1) is 4.14. The maximum absolute atomic E-state index is 5.43. The molecule has 2 N–H and O–H groups in total. The third kappa shape index (κ3) is 1.66. The SMILES string of the molecule is CC1(C)CO[C@@H](CN)C1. The summed E-state index contributed by atoms with van der Waals surface area (Å²) < 4.78 is 5.39. The van der Waals surface area contributed by atoms with E-state index in [0.29, 0.717) is 18.1 Å². The highest BCUT2D eigenvalue weighted by atomic mass is 16.5. The molecule has 1 aliphatic heterocycles. The van der Waals surface area contributed by atoms with Crippen LogP contribution in [0.4, 0.5) is 0 Å². The Morgan fingerprint density at radius 2 is 2.33 bits per heavy atom. The summed E-state index contributed by atoms with van der Waals surface area (Å²) in [6.45, 7) is 5.96. The molecule has 1 atom stereocenters. The van der Waals surface area contributed by atoms with Gasteiger partial charge in [-0.3, -0.25) is 0 Å². The summed E-state index contributed by atoms with van der Waals surface area (Å²) in [6, 6.07) is 0. The van der Waals surface area contributed by atoms with E-state index >= 15 is 0 Å². The van der Waals surface area contributed by atoms with Gasteiger partial charge in [-0.2, -0.15) is 0 Å². The standard InChI is InChI=1S/C7H15NO/c1-7(2)3-6(4-8)9-5-7/h6H,3-5,8H2,1-2H3/t6-/m1/s1. The summed E-state index contributed by atoms with van der Waals surface area (Å²) >= 11 is 0. The number of ether oxygens (including phenoxy) is 1. The Morgan fingerprint density at radius 1 is 1.67 bits per heavy atom. The summed E-state index contributed by atoms with van der Waals surface area (Å²) in [4.78, 5) is 0. The summed E-state index contributed by atoms with van der Waals surface area (Å²) in [7, 11) is 0. The smallest absolute Gasteiger partial charge is 0.0703 e. The molecule has 0 saturated carbocycles. The van der Waals surface area contributed by atoms with Crippen molar-refractivity contribution in [1.29, 1.82) is 0 Å². The fourth-order valence-electron chi connectivity index (χ4n) is 1.23. The largest absolute Gasteiger partial charge is 0.376 e. The molecule has 0 aromatic carbocycles. The molecule has 0 bridgehead atoms. The van der Waals surface area contributed by atoms with Gasteiger partial charge in [0.05, 0.1) is 12.7 Å². The van der Waals surface area contributed by atoms with Crippen LogP contribution in [0.5, 0.6) is 0 Å². The van der Waals surface area contributed by atoms with Crippen molar-refractivity contribution in [3.8, 4) is 0 Å². The topological polar surface area (TPSA) is 35.2 Å². The predicted molar refractivity (Wildman–Crippen MR) is 37.2 cm³/mol. The van der Waals surface area contributed by atoms with Crippen molar-refractivity contribution in [1.82, 2.24) is 0 Å². The van der Waals surface area contributed by atoms with Gasteiger partial charge < -0.3 is 10.5 Å². The lowest BCUT2D eigenvalue weighted by atomic mass is 9.91. The molecular weight excluding hydrogens is 114 g/mol. The second-order valence-electron chi connectivity index (χ2n) is 3.54. The van der Waals surface area contributed by atoms with E-state index in [1.807, 2.05) is 0 Å². The minimum atomic E-state index is 0.319. The van der Waals surface area contributed by atoms with E-state index in [2.05, 4.69) is 13.8 Å². The van der Waals surface area contributed by atoms with Crippen LogP contribution in [0.25, 0.3) is 0 Å². The van der Waals surface area contributed by atoms with E-state index in [9.17, 15) is 0 Å². The molecule has 1 rings (SSSR count). The fourth-order valence-corrected chi connectivity index (χ4v) is 1.23. The van der Waals surface area contributed by atoms with Crippen LogP contribution in [-0.4, -0.2) is 19.3 Å². The second-order valence-corrected chi connectivity index (χ2v) is 3.54. The summed E-state index contributed by atoms with van der Waals surface area (Å²) in [5.74, 6) is 0. The molecule has 1 aliphatic rings. The van der Waals surface area contributed by atoms with Gasteiger partial charge in [0, 0.05) is 6.54 Å². The minimum Gasteiger partial charge on any atom is -0.376 e. The molecule has 9 heavy (non-hydrogen) atoms. The minimum absolute atomic E-state index is 0.319. The second kappa shape index (κ2) is 2.27. The van der Waals surface area contributed by atoms with Crippen molar-refractivity contribution in [2.45, 2.75) is 26.4 Å². The van der Waals surface area contributed by atoms with Crippen LogP contribution in [0, 0.1) is 5.41 Å². The Balaban J connectivity index is 2.38. The van der Waals surface area contributed by atoms with E-state index in [1.165, 1.54) is 0 Å². The highest BCUT2D eigenvalue weighted by Crippen LogP contribution is 2.30. The maximum atomic E-state index is 5.43. The lowest BCUT2D eigenvalue weighted by Gasteiger charge is -2.12. The van der Waals surface area contributed by atoms with Gasteiger partial charge >= 0.3 is 0 Å². The highest BCUT2D eigenvalue weighted by Gasteiger charge is 2.30. The Bertz CT molecular complexity index is 101. The lowest BCUT2D eigenvalue weighted by molar-refractivity contribution is 0.105. The lowest BCUT2D eigenvalue weighted by Crippen LogP contribution is -2.19. The molecule has 0 aromatic heterocycles. The first kappa shape index (κ1) is 7.03. The van der Waals surface area contributed by atoms with E-state index in [1.54, 1.807) is 0 Å². The molecule has 0 unspecified atom stereocenters. The first-order valence-corrected chi connectivity index (χ1v) is 3.46. The van der Waals surface area contributed by atoms with Crippen molar-refractivity contribution in [3.63, 3.8) is 0 Å². The molecule has 0 radical (unpaired) electrons. The normalized spacial score (nSPS) is 33.0. The molecule has 0 aromatic rings. The summed E-state index contributed by atoms with van der Waals surface area (Å²) in [5.41, 5.74) is 5.80. The van der Waals surface area contributed by atoms with Gasteiger partial charge in [0.2, 0.25) is 0 Å². The third-order valence-corrected chi connectivity index (χ3v) is 1.75. The molecule has 1 saturated heterocycles. The Labute approximate surface area is 56.4 Å². The molecule has 2 heteroatoms. The average molecular weight is 129 g/mol. The fraction of sp³-hybridized carbons (Fsp3) is 1.00. The highest BCUT2D eigenvalue weighted by molar-refractivity contribution is 4.80. The van der Waals surface area contributed by atoms with Gasteiger partial charge in [0.1, 0.15) is 0 Å². The van der Waals surface area contributed by atoms with Crippen LogP contribution in [0.2, 0.25) is 0 Å². The number of hydrogen-bond acceptors (Lipinski definition) is 2. The number of hydrogen-bond donors (Lipinski definition) is 1. The van der Waals surface area contributed by atoms with E-state index < -0.39 is 0 Å². The first-order valence-electron chi connectivity index (χ1n) is 3.46. The monoisotopic (exact) mass is 129 g/mol. The molecular formula is C7H15NO. The number of rotatable bonds is 1. The van der Waals surface area contributed by atoms with Gasteiger partial charge in [0.15, 0.2) is 0 Å². The molecule has 1 fully saturated rings. The molecule has 0 amide bonds. The van der Waals surface area contributed by atoms with Gasteiger partial charge in [-0.15, -0.1) is 0 Å². The van der Waals surface area contributed by atoms with Crippen LogP contribution in [-0.2, 0) is 4.74 Å². The van der Waals surface area contributed by atoms with Crippen molar-refractivity contribution >= 4 is 0 Å². The average Bonchev–Trinajstić information content (AvgIpc) is 2.10. The quantitative estimate of drug-likeness (QED) is 0.567. The van der Waals surface area contributed by atoms with Crippen LogP contribution >= 0.6 is 0 Å². The van der Waals surface area contributed by atoms with Crippen LogP contribution in [0.3, 0.4) is 0 Å². The van der Waals surface area contributed by atoms with Gasteiger partial charge in [0.25, 0.3) is 0 Å². The molecule has 0 aliphatic carbocycles. The zero-order valence-electron chi connectivity index (χ0n) is 6.18. The van der Waals surface area contributed by atoms with Gasteiger partial charge in [-0.05, 0) is 11.8 Å². The van der Waals surface area contributed by atoms with Crippen LogP contribution in [0.15, 0.2) is 0 Å². The van der Waals surface area contributed by atoms with E-state index in [0.717, 1.165) is 13.0 Å².